The molecule has 0 radical (unpaired) electrons. The normalized spacial score (nSPS) is 16.4. The van der Waals surface area contributed by atoms with Gasteiger partial charge >= 0.3 is 0 Å². The molecule has 156 valence electrons. The van der Waals surface area contributed by atoms with Crippen LogP contribution >= 0.6 is 11.3 Å². The molecule has 2 aliphatic heterocycles. The van der Waals surface area contributed by atoms with E-state index in [0.29, 0.717) is 0 Å². The van der Waals surface area contributed by atoms with Crippen LogP contribution in [-0.4, -0.2) is 44.9 Å². The predicted molar refractivity (Wildman–Crippen MR) is 125 cm³/mol. The Morgan fingerprint density at radius 2 is 1.83 bits per heavy atom. The first-order chi connectivity index (χ1) is 14.8. The van der Waals surface area contributed by atoms with E-state index in [1.54, 1.807) is 0 Å². The third-order valence-corrected chi connectivity index (χ3v) is 7.07. The maximum Gasteiger partial charge on any atom is 0.185 e. The van der Waals surface area contributed by atoms with E-state index in [2.05, 4.69) is 63.8 Å². The smallest absolute Gasteiger partial charge is 0.185 e. The Labute approximate surface area is 182 Å². The summed E-state index contributed by atoms with van der Waals surface area (Å²) in [7, 11) is 1.98. The van der Waals surface area contributed by atoms with Gasteiger partial charge in [-0.05, 0) is 47.4 Å². The number of nitrogens with zero attached hydrogens (tertiary/aromatic N) is 3. The Kier molecular flexibility index (Phi) is 5.60. The molecule has 3 aromatic rings. The second-order valence-corrected chi connectivity index (χ2v) is 9.05. The molecule has 1 saturated heterocycles. The van der Waals surface area contributed by atoms with Crippen molar-refractivity contribution in [2.24, 2.45) is 0 Å². The van der Waals surface area contributed by atoms with Gasteiger partial charge in [0.2, 0.25) is 0 Å². The first-order valence-electron chi connectivity index (χ1n) is 10.7. The highest BCUT2D eigenvalue weighted by Gasteiger charge is 2.19. The molecule has 3 heterocycles. The summed E-state index contributed by atoms with van der Waals surface area (Å²) in [6.07, 6.45) is 4.07. The number of thiazole rings is 1. The van der Waals surface area contributed by atoms with Crippen LogP contribution in [0.25, 0.3) is 0 Å². The number of hydrogen-bond acceptors (Lipinski definition) is 6. The summed E-state index contributed by atoms with van der Waals surface area (Å²) in [5.41, 5.74) is 6.67. The van der Waals surface area contributed by atoms with Gasteiger partial charge in [-0.2, -0.15) is 0 Å². The minimum atomic E-state index is 0.822. The van der Waals surface area contributed by atoms with Crippen molar-refractivity contribution in [3.05, 3.63) is 70.2 Å². The lowest BCUT2D eigenvalue weighted by Gasteiger charge is -2.29. The van der Waals surface area contributed by atoms with E-state index in [9.17, 15) is 0 Å². The van der Waals surface area contributed by atoms with Gasteiger partial charge in [-0.15, -0.1) is 11.3 Å². The third kappa shape index (κ3) is 4.16. The molecule has 5 rings (SSSR count). The zero-order valence-corrected chi connectivity index (χ0v) is 18.3. The van der Waals surface area contributed by atoms with E-state index in [0.717, 1.165) is 57.4 Å². The van der Waals surface area contributed by atoms with Gasteiger partial charge in [0.15, 0.2) is 5.13 Å². The second-order valence-electron chi connectivity index (χ2n) is 7.96. The van der Waals surface area contributed by atoms with E-state index in [1.165, 1.54) is 32.9 Å². The molecule has 0 saturated carbocycles. The number of fused-ring (bicyclic) bond motifs is 1. The minimum absolute atomic E-state index is 0.822. The highest BCUT2D eigenvalue weighted by molar-refractivity contribution is 7.15. The Morgan fingerprint density at radius 3 is 2.63 bits per heavy atom. The van der Waals surface area contributed by atoms with Gasteiger partial charge in [0.1, 0.15) is 0 Å². The standard InChI is InChI=1S/C24H28N4OS/c1-25-21-5-4-19-8-9-28(17-20(19)15-21)24-26-16-23(30-24)14-18-2-6-22(7-3-18)27-10-12-29-13-11-27/h2-7,15-16,25H,8-14,17H2,1H3. The third-order valence-electron chi connectivity index (χ3n) is 6.01. The molecule has 0 spiro atoms. The van der Waals surface area contributed by atoms with Crippen molar-refractivity contribution >= 4 is 27.8 Å². The van der Waals surface area contributed by atoms with E-state index in [-0.39, 0.29) is 0 Å². The molecule has 5 nitrogen and oxygen atoms in total. The van der Waals surface area contributed by atoms with Gasteiger partial charge in [-0.25, -0.2) is 4.98 Å². The first-order valence-corrected chi connectivity index (χ1v) is 11.5. The molecule has 0 atom stereocenters. The van der Waals surface area contributed by atoms with Crippen LogP contribution in [0.1, 0.15) is 21.6 Å². The number of anilines is 3. The number of rotatable bonds is 5. The lowest BCUT2D eigenvalue weighted by Crippen LogP contribution is -2.36. The van der Waals surface area contributed by atoms with Gasteiger partial charge in [-0.1, -0.05) is 18.2 Å². The molecule has 1 N–H and O–H groups in total. The van der Waals surface area contributed by atoms with Gasteiger partial charge in [0, 0.05) is 62.1 Å². The van der Waals surface area contributed by atoms with E-state index in [1.807, 2.05) is 18.4 Å². The van der Waals surface area contributed by atoms with Crippen molar-refractivity contribution in [1.29, 1.82) is 0 Å². The largest absolute Gasteiger partial charge is 0.388 e. The number of benzene rings is 2. The monoisotopic (exact) mass is 420 g/mol. The van der Waals surface area contributed by atoms with Crippen LogP contribution in [0.2, 0.25) is 0 Å². The van der Waals surface area contributed by atoms with Crippen molar-refractivity contribution < 1.29 is 4.74 Å². The summed E-state index contributed by atoms with van der Waals surface area (Å²) in [6, 6.07) is 15.7. The fraction of sp³-hybridized carbons (Fsp3) is 0.375. The minimum Gasteiger partial charge on any atom is -0.388 e. The molecule has 0 bridgehead atoms. The van der Waals surface area contributed by atoms with Gasteiger partial charge in [0.05, 0.1) is 13.2 Å². The highest BCUT2D eigenvalue weighted by atomic mass is 32.1. The molecule has 0 aliphatic carbocycles. The molecule has 0 amide bonds. The fourth-order valence-corrected chi connectivity index (χ4v) is 5.22. The molecule has 30 heavy (non-hydrogen) atoms. The van der Waals surface area contributed by atoms with Crippen LogP contribution in [0.5, 0.6) is 0 Å². The lowest BCUT2D eigenvalue weighted by atomic mass is 9.99. The van der Waals surface area contributed by atoms with E-state index >= 15 is 0 Å². The average Bonchev–Trinajstić information content (AvgIpc) is 3.28. The number of aromatic nitrogens is 1. The van der Waals surface area contributed by atoms with Crippen LogP contribution in [0.15, 0.2) is 48.7 Å². The molecule has 6 heteroatoms. The average molecular weight is 421 g/mol. The Morgan fingerprint density at radius 1 is 1.00 bits per heavy atom. The molecule has 2 aliphatic rings. The molecular formula is C24H28N4OS. The van der Waals surface area contributed by atoms with Crippen molar-refractivity contribution in [1.82, 2.24) is 4.98 Å². The van der Waals surface area contributed by atoms with Crippen LogP contribution < -0.4 is 15.1 Å². The molecule has 1 aromatic heterocycles. The van der Waals surface area contributed by atoms with Gasteiger partial charge in [-0.3, -0.25) is 0 Å². The number of hydrogen-bond donors (Lipinski definition) is 1. The van der Waals surface area contributed by atoms with Crippen LogP contribution in [0.4, 0.5) is 16.5 Å². The van der Waals surface area contributed by atoms with E-state index < -0.39 is 0 Å². The predicted octanol–water partition coefficient (Wildman–Crippen LogP) is 4.17. The zero-order valence-electron chi connectivity index (χ0n) is 17.4. The molecule has 1 fully saturated rings. The number of morpholine rings is 1. The second kappa shape index (κ2) is 8.66. The quantitative estimate of drug-likeness (QED) is 0.671. The van der Waals surface area contributed by atoms with Crippen molar-refractivity contribution in [2.75, 3.05) is 55.0 Å². The number of nitrogens with one attached hydrogen (secondary N) is 1. The van der Waals surface area contributed by atoms with E-state index in [4.69, 9.17) is 9.72 Å². The number of ether oxygens (including phenoxy) is 1. The SMILES string of the molecule is CNc1ccc2c(c1)CN(c1ncc(Cc3ccc(N4CCOCC4)cc3)s1)CC2. The summed E-state index contributed by atoms with van der Waals surface area (Å²) in [5, 5.41) is 4.38. The highest BCUT2D eigenvalue weighted by Crippen LogP contribution is 2.30. The van der Waals surface area contributed by atoms with Crippen LogP contribution in [0, 0.1) is 0 Å². The Bertz CT molecular complexity index is 995. The van der Waals surface area contributed by atoms with Crippen molar-refractivity contribution in [3.63, 3.8) is 0 Å². The van der Waals surface area contributed by atoms with Crippen molar-refractivity contribution in [3.8, 4) is 0 Å². The molecule has 2 aromatic carbocycles. The molecular weight excluding hydrogens is 392 g/mol. The van der Waals surface area contributed by atoms with Crippen molar-refractivity contribution in [2.45, 2.75) is 19.4 Å². The fourth-order valence-electron chi connectivity index (χ4n) is 4.25. The zero-order chi connectivity index (χ0) is 20.3. The van der Waals surface area contributed by atoms with Gasteiger partial charge < -0.3 is 19.9 Å². The maximum absolute atomic E-state index is 5.45. The molecule has 0 unspecified atom stereocenters. The van der Waals surface area contributed by atoms with Crippen LogP contribution in [0.3, 0.4) is 0 Å². The summed E-state index contributed by atoms with van der Waals surface area (Å²) in [4.78, 5) is 10.9. The Hall–Kier alpha value is -2.57. The lowest BCUT2D eigenvalue weighted by molar-refractivity contribution is 0.122. The maximum atomic E-state index is 5.45. The van der Waals surface area contributed by atoms with Gasteiger partial charge in [0.25, 0.3) is 0 Å². The summed E-state index contributed by atoms with van der Waals surface area (Å²) < 4.78 is 5.45. The Balaban J connectivity index is 1.24. The summed E-state index contributed by atoms with van der Waals surface area (Å²) >= 11 is 1.82. The van der Waals surface area contributed by atoms with Crippen LogP contribution in [-0.2, 0) is 24.1 Å². The summed E-state index contributed by atoms with van der Waals surface area (Å²) in [5.74, 6) is 0. The first kappa shape index (κ1) is 19.4. The topological polar surface area (TPSA) is 40.6 Å². The summed E-state index contributed by atoms with van der Waals surface area (Å²) in [6.45, 7) is 5.57.